The van der Waals surface area contributed by atoms with Crippen LogP contribution in [0.1, 0.15) is 30.9 Å². The highest BCUT2D eigenvalue weighted by atomic mass is 35.5. The fourth-order valence-electron chi connectivity index (χ4n) is 1.37. The lowest BCUT2D eigenvalue weighted by atomic mass is 9.99. The maximum Gasteiger partial charge on any atom is 0.138 e. The molecule has 15 heavy (non-hydrogen) atoms. The van der Waals surface area contributed by atoms with E-state index in [9.17, 15) is 0 Å². The van der Waals surface area contributed by atoms with Crippen molar-refractivity contribution in [1.29, 1.82) is 5.26 Å². The zero-order chi connectivity index (χ0) is 11.4. The fraction of sp³-hybridized carbons (Fsp3) is 0.417. The van der Waals surface area contributed by atoms with Crippen LogP contribution in [0.5, 0.6) is 5.75 Å². The fourth-order valence-corrected chi connectivity index (χ4v) is 1.63. The molecule has 0 aliphatic heterocycles. The molecule has 1 aromatic carbocycles. The third-order valence-electron chi connectivity index (χ3n) is 2.29. The zero-order valence-electron chi connectivity index (χ0n) is 9.17. The van der Waals surface area contributed by atoms with Gasteiger partial charge in [-0.15, -0.1) is 0 Å². The van der Waals surface area contributed by atoms with E-state index in [2.05, 4.69) is 19.9 Å². The van der Waals surface area contributed by atoms with Gasteiger partial charge in [-0.3, -0.25) is 0 Å². The van der Waals surface area contributed by atoms with Crippen molar-refractivity contribution in [3.05, 3.63) is 28.3 Å². The van der Waals surface area contributed by atoms with E-state index >= 15 is 0 Å². The standard InChI is InChI=1S/C12H14ClNO/c1-8(2)10-6-9(4-5-14)12(13)11(7-10)15-3/h6-8H,4H2,1-3H3. The van der Waals surface area contributed by atoms with Crippen LogP contribution in [0.2, 0.25) is 5.02 Å². The second-order valence-electron chi connectivity index (χ2n) is 3.69. The molecule has 1 aromatic rings. The van der Waals surface area contributed by atoms with Gasteiger partial charge in [0.15, 0.2) is 0 Å². The third kappa shape index (κ3) is 2.64. The highest BCUT2D eigenvalue weighted by molar-refractivity contribution is 6.32. The third-order valence-corrected chi connectivity index (χ3v) is 2.72. The normalized spacial score (nSPS) is 10.1. The molecule has 0 bridgehead atoms. The zero-order valence-corrected chi connectivity index (χ0v) is 9.93. The largest absolute Gasteiger partial charge is 0.495 e. The molecule has 0 aliphatic carbocycles. The summed E-state index contributed by atoms with van der Waals surface area (Å²) in [6.07, 6.45) is 0.315. The van der Waals surface area contributed by atoms with Crippen LogP contribution in [0.25, 0.3) is 0 Å². The Morgan fingerprint density at radius 2 is 2.13 bits per heavy atom. The number of nitriles is 1. The van der Waals surface area contributed by atoms with Gasteiger partial charge in [-0.25, -0.2) is 0 Å². The van der Waals surface area contributed by atoms with E-state index in [1.54, 1.807) is 7.11 Å². The summed E-state index contributed by atoms with van der Waals surface area (Å²) in [6, 6.07) is 6.00. The second-order valence-corrected chi connectivity index (χ2v) is 4.06. The van der Waals surface area contributed by atoms with E-state index in [0.29, 0.717) is 23.1 Å². The Bertz CT molecular complexity index is 393. The quantitative estimate of drug-likeness (QED) is 0.785. The first-order valence-corrected chi connectivity index (χ1v) is 5.21. The van der Waals surface area contributed by atoms with Crippen LogP contribution < -0.4 is 4.74 Å². The lowest BCUT2D eigenvalue weighted by molar-refractivity contribution is 0.414. The van der Waals surface area contributed by atoms with Gasteiger partial charge in [-0.2, -0.15) is 5.26 Å². The van der Waals surface area contributed by atoms with Gasteiger partial charge < -0.3 is 4.74 Å². The lowest BCUT2D eigenvalue weighted by Gasteiger charge is -2.12. The molecule has 0 atom stereocenters. The Labute approximate surface area is 95.4 Å². The molecule has 0 radical (unpaired) electrons. The molecule has 0 spiro atoms. The molecule has 1 rings (SSSR count). The van der Waals surface area contributed by atoms with Crippen molar-refractivity contribution < 1.29 is 4.74 Å². The Hall–Kier alpha value is -1.20. The van der Waals surface area contributed by atoms with Crippen molar-refractivity contribution in [2.45, 2.75) is 26.2 Å². The van der Waals surface area contributed by atoms with Crippen molar-refractivity contribution in [3.8, 4) is 11.8 Å². The molecule has 0 unspecified atom stereocenters. The van der Waals surface area contributed by atoms with Crippen LogP contribution in [0.3, 0.4) is 0 Å². The molecule has 0 aliphatic rings. The molecule has 0 saturated heterocycles. The SMILES string of the molecule is COc1cc(C(C)C)cc(CC#N)c1Cl. The van der Waals surface area contributed by atoms with Crippen molar-refractivity contribution in [1.82, 2.24) is 0 Å². The average molecular weight is 224 g/mol. The smallest absolute Gasteiger partial charge is 0.138 e. The first-order valence-electron chi connectivity index (χ1n) is 4.83. The maximum absolute atomic E-state index is 8.69. The minimum absolute atomic E-state index is 0.315. The molecule has 3 heteroatoms. The summed E-state index contributed by atoms with van der Waals surface area (Å²) >= 11 is 6.09. The number of hydrogen-bond acceptors (Lipinski definition) is 2. The van der Waals surface area contributed by atoms with E-state index < -0.39 is 0 Å². The van der Waals surface area contributed by atoms with Crippen molar-refractivity contribution in [2.24, 2.45) is 0 Å². The summed E-state index contributed by atoms with van der Waals surface area (Å²) in [7, 11) is 1.58. The highest BCUT2D eigenvalue weighted by Crippen LogP contribution is 2.32. The van der Waals surface area contributed by atoms with Crippen LogP contribution in [-0.2, 0) is 6.42 Å². The van der Waals surface area contributed by atoms with Gasteiger partial charge in [0, 0.05) is 0 Å². The molecular formula is C12H14ClNO. The first kappa shape index (κ1) is 11.9. The van der Waals surface area contributed by atoms with Gasteiger partial charge in [0.25, 0.3) is 0 Å². The molecular weight excluding hydrogens is 210 g/mol. The number of nitrogens with zero attached hydrogens (tertiary/aromatic N) is 1. The Kier molecular flexibility index (Phi) is 3.99. The molecule has 0 heterocycles. The van der Waals surface area contributed by atoms with Gasteiger partial charge in [-0.05, 0) is 23.1 Å². The van der Waals surface area contributed by atoms with Crippen LogP contribution in [-0.4, -0.2) is 7.11 Å². The molecule has 0 aromatic heterocycles. The van der Waals surface area contributed by atoms with Gasteiger partial charge in [0.05, 0.1) is 24.6 Å². The monoisotopic (exact) mass is 223 g/mol. The lowest BCUT2D eigenvalue weighted by Crippen LogP contribution is -1.95. The number of halogens is 1. The van der Waals surface area contributed by atoms with Gasteiger partial charge in [-0.1, -0.05) is 31.5 Å². The summed E-state index contributed by atoms with van der Waals surface area (Å²) in [5.41, 5.74) is 1.98. The summed E-state index contributed by atoms with van der Waals surface area (Å²) in [6.45, 7) is 4.19. The van der Waals surface area contributed by atoms with Gasteiger partial charge in [0.2, 0.25) is 0 Å². The highest BCUT2D eigenvalue weighted by Gasteiger charge is 2.11. The summed E-state index contributed by atoms with van der Waals surface area (Å²) in [4.78, 5) is 0. The number of methoxy groups -OCH3 is 1. The number of ether oxygens (including phenoxy) is 1. The van der Waals surface area contributed by atoms with Crippen molar-refractivity contribution in [2.75, 3.05) is 7.11 Å². The molecule has 80 valence electrons. The molecule has 0 amide bonds. The van der Waals surface area contributed by atoms with Crippen LogP contribution in [0, 0.1) is 11.3 Å². The average Bonchev–Trinajstić information content (AvgIpc) is 2.21. The molecule has 0 saturated carbocycles. The Balaban J connectivity index is 3.26. The number of rotatable bonds is 3. The van der Waals surface area contributed by atoms with E-state index in [1.807, 2.05) is 12.1 Å². The van der Waals surface area contributed by atoms with Crippen LogP contribution in [0.4, 0.5) is 0 Å². The van der Waals surface area contributed by atoms with Gasteiger partial charge in [0.1, 0.15) is 5.75 Å². The summed E-state index contributed by atoms with van der Waals surface area (Å²) in [5, 5.41) is 9.23. The van der Waals surface area contributed by atoms with E-state index in [4.69, 9.17) is 21.6 Å². The van der Waals surface area contributed by atoms with E-state index in [-0.39, 0.29) is 0 Å². The van der Waals surface area contributed by atoms with E-state index in [0.717, 1.165) is 11.1 Å². The minimum atomic E-state index is 0.315. The Morgan fingerprint density at radius 1 is 1.47 bits per heavy atom. The van der Waals surface area contributed by atoms with Crippen LogP contribution >= 0.6 is 11.6 Å². The predicted molar refractivity (Wildman–Crippen MR) is 61.4 cm³/mol. The summed E-state index contributed by atoms with van der Waals surface area (Å²) in [5.74, 6) is 1.04. The maximum atomic E-state index is 8.69. The first-order chi connectivity index (χ1) is 7.10. The number of hydrogen-bond donors (Lipinski definition) is 0. The minimum Gasteiger partial charge on any atom is -0.495 e. The summed E-state index contributed by atoms with van der Waals surface area (Å²) < 4.78 is 5.18. The predicted octanol–water partition coefficient (Wildman–Crippen LogP) is 3.54. The Morgan fingerprint density at radius 3 is 2.60 bits per heavy atom. The molecule has 0 fully saturated rings. The van der Waals surface area contributed by atoms with Crippen LogP contribution in [0.15, 0.2) is 12.1 Å². The second kappa shape index (κ2) is 5.04. The molecule has 2 nitrogen and oxygen atoms in total. The molecule has 0 N–H and O–H groups in total. The van der Waals surface area contributed by atoms with Crippen molar-refractivity contribution >= 4 is 11.6 Å². The van der Waals surface area contributed by atoms with Gasteiger partial charge >= 0.3 is 0 Å². The number of benzene rings is 1. The van der Waals surface area contributed by atoms with E-state index in [1.165, 1.54) is 0 Å². The van der Waals surface area contributed by atoms with Crippen molar-refractivity contribution in [3.63, 3.8) is 0 Å². The topological polar surface area (TPSA) is 33.0 Å².